The Kier molecular flexibility index (Phi) is 16.6. The summed E-state index contributed by atoms with van der Waals surface area (Å²) in [4.78, 5) is 58.8. The standard InChI is InChI=1S/C54H50N14O8S2/c69-51(59-57-45-5-9-47(10-6-45)63-77(73,74)49-13-1-39(2-14-49)37-65-29-21-43(22-30-65)41-17-25-55-26-18-41)53(71)61-67-33-35-68(36-34-67)62-54(72)52(70)60-58-46-7-11-48(12-8-46)64-78(75,76)50-15-3-40(4-16-50)38-66-31-23-44(24-32-66)42-19-27-56-28-20-42/h1-32,55-56H,33-38H2,(H4,59,60,61,62,63,64,69,70,71,72)/p+2. The van der Waals surface area contributed by atoms with Gasteiger partial charge < -0.3 is 0 Å². The fraction of sp³-hybridized carbons (Fsp3) is 0.111. The average Bonchev–Trinajstić information content (AvgIpc) is 3.50. The molecule has 0 saturated carbocycles. The van der Waals surface area contributed by atoms with E-state index < -0.39 is 43.7 Å². The van der Waals surface area contributed by atoms with Gasteiger partial charge in [0.25, 0.3) is 20.0 Å². The maximum Gasteiger partial charge on any atom is 0.328 e. The second-order valence-corrected chi connectivity index (χ2v) is 21.0. The Labute approximate surface area is 449 Å². The number of nitrogens with one attached hydrogen (secondary N) is 8. The molecule has 8 aromatic rings. The first-order chi connectivity index (χ1) is 37.7. The molecule has 24 heteroatoms. The van der Waals surface area contributed by atoms with Gasteiger partial charge in [-0.05, 0) is 119 Å². The molecule has 5 heterocycles. The Morgan fingerprint density at radius 1 is 0.397 bits per heavy atom. The largest absolute Gasteiger partial charge is 0.328 e. The lowest BCUT2D eigenvalue weighted by Gasteiger charge is -2.34. The number of carbonyl (C=O) groups excluding carboxylic acids is 4. The van der Waals surface area contributed by atoms with Gasteiger partial charge in [0.15, 0.2) is 37.9 Å². The quantitative estimate of drug-likeness (QED) is 0.0348. The molecule has 0 unspecified atom stereocenters. The normalized spacial score (nSPS) is 12.8. The molecule has 8 N–H and O–H groups in total. The number of rotatable bonds is 18. The summed E-state index contributed by atoms with van der Waals surface area (Å²) < 4.78 is 61.7. The molecule has 1 saturated heterocycles. The molecule has 1 aliphatic heterocycles. The Hall–Kier alpha value is -9.62. The van der Waals surface area contributed by atoms with Crippen LogP contribution in [0, 0.1) is 0 Å². The maximum atomic E-state index is 13.2. The fourth-order valence-electron chi connectivity index (χ4n) is 7.93. The molecule has 0 atom stereocenters. The highest BCUT2D eigenvalue weighted by Gasteiger charge is 2.25. The molecule has 0 bridgehead atoms. The van der Waals surface area contributed by atoms with Gasteiger partial charge in [0.1, 0.15) is 0 Å². The second kappa shape index (κ2) is 24.4. The van der Waals surface area contributed by atoms with Crippen molar-refractivity contribution in [3.8, 4) is 22.3 Å². The number of anilines is 4. The van der Waals surface area contributed by atoms with Gasteiger partial charge in [0.2, 0.25) is 0 Å². The molecule has 4 aromatic carbocycles. The zero-order valence-electron chi connectivity index (χ0n) is 41.5. The number of carbonyl (C=O) groups is 4. The summed E-state index contributed by atoms with van der Waals surface area (Å²) in [5, 5.41) is 2.96. The average molecular weight is 1090 g/mol. The number of aromatic nitrogens is 4. The Morgan fingerprint density at radius 2 is 0.705 bits per heavy atom. The van der Waals surface area contributed by atoms with Crippen molar-refractivity contribution >= 4 is 66.4 Å². The van der Waals surface area contributed by atoms with E-state index in [1.165, 1.54) is 82.8 Å². The third-order valence-electron chi connectivity index (χ3n) is 12.1. The number of hydrazine groups is 4. The summed E-state index contributed by atoms with van der Waals surface area (Å²) in [7, 11) is -7.84. The van der Waals surface area contributed by atoms with Crippen molar-refractivity contribution in [3.63, 3.8) is 0 Å². The van der Waals surface area contributed by atoms with E-state index in [9.17, 15) is 36.0 Å². The van der Waals surface area contributed by atoms with Crippen LogP contribution in [0.15, 0.2) is 205 Å². The number of nitrogens with zero attached hydrogens (tertiary/aromatic N) is 6. The van der Waals surface area contributed by atoms with Gasteiger partial charge in [0, 0.05) is 97.7 Å². The predicted molar refractivity (Wildman–Crippen MR) is 288 cm³/mol. The lowest BCUT2D eigenvalue weighted by Crippen LogP contribution is -2.60. The van der Waals surface area contributed by atoms with Crippen molar-refractivity contribution in [2.24, 2.45) is 0 Å². The molecule has 396 valence electrons. The first-order valence-corrected chi connectivity index (χ1v) is 27.1. The van der Waals surface area contributed by atoms with Crippen LogP contribution in [0.4, 0.5) is 22.7 Å². The summed E-state index contributed by atoms with van der Waals surface area (Å²) in [6, 6.07) is 41.0. The lowest BCUT2D eigenvalue weighted by molar-refractivity contribution is -0.688. The highest BCUT2D eigenvalue weighted by atomic mass is 32.2. The van der Waals surface area contributed by atoms with Crippen LogP contribution in [-0.4, -0.2) is 86.6 Å². The summed E-state index contributed by atoms with van der Waals surface area (Å²) in [5.74, 6) is -3.94. The molecule has 0 radical (unpaired) electrons. The monoisotopic (exact) mass is 1090 g/mol. The Bertz CT molecular complexity index is 3360. The number of benzene rings is 4. The topological polar surface area (TPSA) is 273 Å². The van der Waals surface area contributed by atoms with Crippen molar-refractivity contribution in [1.82, 2.24) is 41.7 Å². The number of pyridine rings is 4. The van der Waals surface area contributed by atoms with Gasteiger partial charge in [-0.25, -0.2) is 36.0 Å². The number of hydrogen-bond donors (Lipinski definition) is 8. The van der Waals surface area contributed by atoms with E-state index in [-0.39, 0.29) is 47.3 Å². The van der Waals surface area contributed by atoms with Crippen molar-refractivity contribution < 1.29 is 45.1 Å². The minimum Gasteiger partial charge on any atom is -0.298 e. The van der Waals surface area contributed by atoms with Gasteiger partial charge in [0.05, 0.1) is 21.2 Å². The number of amides is 4. The highest BCUT2D eigenvalue weighted by Crippen LogP contribution is 2.22. The van der Waals surface area contributed by atoms with Gasteiger partial charge >= 0.3 is 23.6 Å². The van der Waals surface area contributed by atoms with Crippen LogP contribution in [-0.2, 0) is 52.3 Å². The molecular weight excluding hydrogens is 1040 g/mol. The molecule has 1 fully saturated rings. The minimum atomic E-state index is -3.92. The summed E-state index contributed by atoms with van der Waals surface area (Å²) in [5.41, 5.74) is 22.2. The van der Waals surface area contributed by atoms with Gasteiger partial charge in [-0.2, -0.15) is 0 Å². The molecule has 78 heavy (non-hydrogen) atoms. The lowest BCUT2D eigenvalue weighted by atomic mass is 10.1. The third-order valence-corrected chi connectivity index (χ3v) is 14.9. The van der Waals surface area contributed by atoms with Gasteiger partial charge in [-0.3, -0.25) is 71.1 Å². The maximum absolute atomic E-state index is 13.2. The molecule has 9 rings (SSSR count). The van der Waals surface area contributed by atoms with Crippen LogP contribution < -0.4 is 51.1 Å². The van der Waals surface area contributed by atoms with Crippen LogP contribution in [0.25, 0.3) is 22.3 Å². The minimum absolute atomic E-state index is 0.0798. The Morgan fingerprint density at radius 3 is 1.04 bits per heavy atom. The summed E-state index contributed by atoms with van der Waals surface area (Å²) in [6.45, 7) is 1.87. The second-order valence-electron chi connectivity index (χ2n) is 17.7. The number of sulfonamides is 2. The van der Waals surface area contributed by atoms with E-state index >= 15 is 0 Å². The van der Waals surface area contributed by atoms with E-state index in [1.54, 1.807) is 49.1 Å². The van der Waals surface area contributed by atoms with Crippen molar-refractivity contribution in [2.45, 2.75) is 22.9 Å². The SMILES string of the molecule is O=C(NNc1ccc(NS(=O)(=O)c2ccc(C[n+]3ccc(-c4ccncc4)cc3)cc2)cc1)C(=O)NN1CCN(NC(=O)C(=O)NNc2ccc(NS(=O)(=O)c3ccc(C[n+]4ccc(-c5ccncc5)cc4)cc3)cc2)CC1. The number of piperazine rings is 1. The van der Waals surface area contributed by atoms with E-state index in [4.69, 9.17) is 0 Å². The van der Waals surface area contributed by atoms with Crippen LogP contribution in [0.3, 0.4) is 0 Å². The van der Waals surface area contributed by atoms with Crippen LogP contribution in [0.1, 0.15) is 11.1 Å². The van der Waals surface area contributed by atoms with Crippen LogP contribution in [0.5, 0.6) is 0 Å². The van der Waals surface area contributed by atoms with Crippen molar-refractivity contribution in [2.75, 3.05) is 46.5 Å². The molecule has 4 amide bonds. The van der Waals surface area contributed by atoms with Crippen LogP contribution >= 0.6 is 0 Å². The zero-order valence-corrected chi connectivity index (χ0v) is 43.1. The predicted octanol–water partition coefficient (Wildman–Crippen LogP) is 3.35. The van der Waals surface area contributed by atoms with E-state index in [2.05, 4.69) is 52.0 Å². The zero-order chi connectivity index (χ0) is 54.5. The fourth-order valence-corrected chi connectivity index (χ4v) is 10.0. The smallest absolute Gasteiger partial charge is 0.298 e. The summed E-state index contributed by atoms with van der Waals surface area (Å²) in [6.07, 6.45) is 14.8. The molecule has 1 aliphatic rings. The van der Waals surface area contributed by atoms with E-state index in [0.29, 0.717) is 24.5 Å². The van der Waals surface area contributed by atoms with Gasteiger partial charge in [-0.15, -0.1) is 0 Å². The van der Waals surface area contributed by atoms with Crippen LogP contribution in [0.2, 0.25) is 0 Å². The molecule has 4 aromatic heterocycles. The number of hydrogen-bond acceptors (Lipinski definition) is 14. The molecule has 0 spiro atoms. The van der Waals surface area contributed by atoms with E-state index in [0.717, 1.165) is 33.4 Å². The van der Waals surface area contributed by atoms with E-state index in [1.807, 2.05) is 82.5 Å². The molecular formula is C54H52N14O8S2+2. The van der Waals surface area contributed by atoms with Gasteiger partial charge in [-0.1, -0.05) is 24.3 Å². The first-order valence-electron chi connectivity index (χ1n) is 24.2. The molecule has 22 nitrogen and oxygen atoms in total. The highest BCUT2D eigenvalue weighted by molar-refractivity contribution is 7.93. The Balaban J connectivity index is 0.642. The van der Waals surface area contributed by atoms with Crippen molar-refractivity contribution in [1.29, 1.82) is 0 Å². The van der Waals surface area contributed by atoms with Crippen molar-refractivity contribution in [3.05, 3.63) is 206 Å². The third kappa shape index (κ3) is 14.4. The molecule has 0 aliphatic carbocycles. The summed E-state index contributed by atoms with van der Waals surface area (Å²) >= 11 is 0. The first kappa shape index (κ1) is 53.2.